The van der Waals surface area contributed by atoms with E-state index in [9.17, 15) is 19.8 Å². The lowest BCUT2D eigenvalue weighted by molar-refractivity contribution is -0.152. The van der Waals surface area contributed by atoms with Gasteiger partial charge in [-0.1, -0.05) is 202 Å². The minimum atomic E-state index is -1.06. The zero-order valence-corrected chi connectivity index (χ0v) is 34.1. The Morgan fingerprint density at radius 3 is 1.28 bits per heavy atom. The van der Waals surface area contributed by atoms with Gasteiger partial charge in [-0.2, -0.15) is 0 Å². The van der Waals surface area contributed by atoms with E-state index in [1.54, 1.807) is 12.2 Å². The van der Waals surface area contributed by atoms with Gasteiger partial charge in [0, 0.05) is 12.8 Å². The molecule has 2 atom stereocenters. The fourth-order valence-electron chi connectivity index (χ4n) is 5.78. The van der Waals surface area contributed by atoms with E-state index in [2.05, 4.69) is 62.5 Å². The second-order valence-corrected chi connectivity index (χ2v) is 14.3. The summed E-state index contributed by atoms with van der Waals surface area (Å²) in [5.41, 5.74) is 0. The van der Waals surface area contributed by atoms with Gasteiger partial charge < -0.3 is 19.7 Å². The standard InChI is InChI=1S/C47H80O6/c1-3-5-7-9-11-13-15-17-19-21-22-23-25-27-29-31-33-35-37-39-46(50)52-42-45(49)43-53-47(51)41-40-44(48)38-36-34-32-30-28-26-24-20-18-16-14-12-10-8-6-4-2/h6,8,12,14,18,20,26,28,32,34,36,38,44-45,48-49H,3-5,7,9-11,13,15-17,19,21-25,27,29-31,33,35,37,39-43H2,1-2H3/b8-6-,14-12-,20-18-,28-26-,34-32-,38-36-/t44?,45-/m0/s1. The van der Waals surface area contributed by atoms with Crippen LogP contribution in [0.2, 0.25) is 0 Å². The van der Waals surface area contributed by atoms with E-state index in [0.717, 1.165) is 51.4 Å². The van der Waals surface area contributed by atoms with Crippen molar-refractivity contribution in [2.75, 3.05) is 13.2 Å². The summed E-state index contributed by atoms with van der Waals surface area (Å²) in [6, 6.07) is 0. The van der Waals surface area contributed by atoms with Crippen molar-refractivity contribution in [2.45, 2.75) is 199 Å². The Labute approximate surface area is 326 Å². The van der Waals surface area contributed by atoms with E-state index >= 15 is 0 Å². The molecule has 0 aromatic rings. The SMILES string of the molecule is CC/C=C\C/C=C\C/C=C\C/C=C\C/C=C\C=C/C(O)CCC(=O)OC[C@@H](O)COC(=O)CCCCCCCCCCCCCCCCCCCCC. The summed E-state index contributed by atoms with van der Waals surface area (Å²) in [7, 11) is 0. The Bertz CT molecular complexity index is 991. The Kier molecular flexibility index (Phi) is 39.9. The fourth-order valence-corrected chi connectivity index (χ4v) is 5.78. The smallest absolute Gasteiger partial charge is 0.305 e. The number of esters is 2. The number of aliphatic hydroxyl groups is 2. The molecule has 0 aromatic carbocycles. The maximum atomic E-state index is 12.0. The molecule has 0 radical (unpaired) electrons. The highest BCUT2D eigenvalue weighted by molar-refractivity contribution is 5.69. The fraction of sp³-hybridized carbons (Fsp3) is 0.702. The number of aliphatic hydroxyl groups excluding tert-OH is 2. The Hall–Kier alpha value is -2.70. The predicted molar refractivity (Wildman–Crippen MR) is 225 cm³/mol. The van der Waals surface area contributed by atoms with Gasteiger partial charge in [-0.15, -0.1) is 0 Å². The maximum absolute atomic E-state index is 12.0. The zero-order valence-electron chi connectivity index (χ0n) is 34.1. The van der Waals surface area contributed by atoms with E-state index < -0.39 is 18.2 Å². The lowest BCUT2D eigenvalue weighted by Gasteiger charge is -2.12. The number of rotatable bonds is 38. The average molecular weight is 741 g/mol. The highest BCUT2D eigenvalue weighted by Crippen LogP contribution is 2.15. The largest absolute Gasteiger partial charge is 0.463 e. The van der Waals surface area contributed by atoms with Gasteiger partial charge in [0.1, 0.15) is 19.3 Å². The molecule has 0 aliphatic heterocycles. The highest BCUT2D eigenvalue weighted by atomic mass is 16.6. The van der Waals surface area contributed by atoms with E-state index in [0.29, 0.717) is 6.42 Å². The molecule has 0 saturated heterocycles. The number of ether oxygens (including phenoxy) is 2. The van der Waals surface area contributed by atoms with Gasteiger partial charge in [0.15, 0.2) is 0 Å². The van der Waals surface area contributed by atoms with Gasteiger partial charge in [0.25, 0.3) is 0 Å². The minimum Gasteiger partial charge on any atom is -0.463 e. The topological polar surface area (TPSA) is 93.1 Å². The van der Waals surface area contributed by atoms with Crippen molar-refractivity contribution < 1.29 is 29.3 Å². The number of unbranched alkanes of at least 4 members (excludes halogenated alkanes) is 18. The number of hydrogen-bond acceptors (Lipinski definition) is 6. The molecular formula is C47H80O6. The third-order valence-corrected chi connectivity index (χ3v) is 9.07. The van der Waals surface area contributed by atoms with Crippen LogP contribution in [0.4, 0.5) is 0 Å². The molecular weight excluding hydrogens is 661 g/mol. The lowest BCUT2D eigenvalue weighted by Crippen LogP contribution is -2.25. The van der Waals surface area contributed by atoms with Crippen molar-refractivity contribution in [1.29, 1.82) is 0 Å². The lowest BCUT2D eigenvalue weighted by atomic mass is 10.0. The van der Waals surface area contributed by atoms with Crippen molar-refractivity contribution in [3.63, 3.8) is 0 Å². The molecule has 0 aliphatic carbocycles. The molecule has 304 valence electrons. The van der Waals surface area contributed by atoms with Crippen LogP contribution < -0.4 is 0 Å². The normalized spacial score (nSPS) is 13.5. The van der Waals surface area contributed by atoms with E-state index in [1.807, 2.05) is 12.2 Å². The third kappa shape index (κ3) is 41.9. The summed E-state index contributed by atoms with van der Waals surface area (Å²) >= 11 is 0. The highest BCUT2D eigenvalue weighted by Gasteiger charge is 2.13. The number of carbonyl (C=O) groups excluding carboxylic acids is 2. The summed E-state index contributed by atoms with van der Waals surface area (Å²) in [5.74, 6) is -0.837. The van der Waals surface area contributed by atoms with Crippen molar-refractivity contribution in [2.24, 2.45) is 0 Å². The molecule has 6 nitrogen and oxygen atoms in total. The van der Waals surface area contributed by atoms with Gasteiger partial charge >= 0.3 is 11.9 Å². The first-order valence-electron chi connectivity index (χ1n) is 21.6. The van der Waals surface area contributed by atoms with Crippen LogP contribution in [0.3, 0.4) is 0 Å². The molecule has 0 amide bonds. The quantitative estimate of drug-likeness (QED) is 0.0283. The predicted octanol–water partition coefficient (Wildman–Crippen LogP) is 12.7. The van der Waals surface area contributed by atoms with Gasteiger partial charge in [-0.25, -0.2) is 0 Å². The average Bonchev–Trinajstić information content (AvgIpc) is 3.16. The second kappa shape index (κ2) is 42.0. The molecule has 0 spiro atoms. The molecule has 0 heterocycles. The number of hydrogen-bond donors (Lipinski definition) is 2. The first-order valence-corrected chi connectivity index (χ1v) is 21.6. The van der Waals surface area contributed by atoms with Gasteiger partial charge in [0.05, 0.1) is 6.10 Å². The van der Waals surface area contributed by atoms with Gasteiger partial charge in [-0.3, -0.25) is 9.59 Å². The Morgan fingerprint density at radius 2 is 0.849 bits per heavy atom. The van der Waals surface area contributed by atoms with Gasteiger partial charge in [0.2, 0.25) is 0 Å². The van der Waals surface area contributed by atoms with Crippen molar-refractivity contribution in [3.05, 3.63) is 72.9 Å². The second-order valence-electron chi connectivity index (χ2n) is 14.3. The van der Waals surface area contributed by atoms with E-state index in [-0.39, 0.29) is 32.0 Å². The van der Waals surface area contributed by atoms with E-state index in [1.165, 1.54) is 103 Å². The molecule has 6 heteroatoms. The molecule has 0 bridgehead atoms. The van der Waals surface area contributed by atoms with Crippen LogP contribution in [0, 0.1) is 0 Å². The Morgan fingerprint density at radius 1 is 0.472 bits per heavy atom. The van der Waals surface area contributed by atoms with Crippen LogP contribution in [-0.2, 0) is 19.1 Å². The molecule has 0 saturated carbocycles. The van der Waals surface area contributed by atoms with E-state index in [4.69, 9.17) is 9.47 Å². The van der Waals surface area contributed by atoms with Crippen LogP contribution in [0.1, 0.15) is 187 Å². The summed E-state index contributed by atoms with van der Waals surface area (Å²) < 4.78 is 10.2. The number of allylic oxidation sites excluding steroid dienone is 11. The third-order valence-electron chi connectivity index (χ3n) is 9.07. The summed E-state index contributed by atoms with van der Waals surface area (Å²) in [5, 5.41) is 20.1. The van der Waals surface area contributed by atoms with Crippen LogP contribution in [0.5, 0.6) is 0 Å². The van der Waals surface area contributed by atoms with Crippen molar-refractivity contribution >= 4 is 11.9 Å². The summed E-state index contributed by atoms with van der Waals surface area (Å²) in [4.78, 5) is 24.0. The molecule has 0 fully saturated rings. The molecule has 1 unspecified atom stereocenters. The summed E-state index contributed by atoms with van der Waals surface area (Å²) in [6.07, 6.45) is 53.0. The van der Waals surface area contributed by atoms with Crippen LogP contribution in [-0.4, -0.2) is 47.6 Å². The minimum absolute atomic E-state index is 0.0308. The molecule has 53 heavy (non-hydrogen) atoms. The maximum Gasteiger partial charge on any atom is 0.305 e. The Balaban J connectivity index is 3.63. The molecule has 2 N–H and O–H groups in total. The van der Waals surface area contributed by atoms with Crippen LogP contribution in [0.15, 0.2) is 72.9 Å². The molecule has 0 aromatic heterocycles. The summed E-state index contributed by atoms with van der Waals surface area (Å²) in [6.45, 7) is 3.99. The zero-order chi connectivity index (χ0) is 38.7. The van der Waals surface area contributed by atoms with Crippen molar-refractivity contribution in [3.8, 4) is 0 Å². The molecule has 0 rings (SSSR count). The van der Waals surface area contributed by atoms with Gasteiger partial charge in [-0.05, 0) is 44.9 Å². The first kappa shape index (κ1) is 50.3. The van der Waals surface area contributed by atoms with Crippen LogP contribution in [0.25, 0.3) is 0 Å². The monoisotopic (exact) mass is 741 g/mol. The van der Waals surface area contributed by atoms with Crippen molar-refractivity contribution in [1.82, 2.24) is 0 Å². The first-order chi connectivity index (χ1) is 26.0. The number of carbonyl (C=O) groups is 2. The molecule has 0 aliphatic rings. The van der Waals surface area contributed by atoms with Crippen LogP contribution >= 0.6 is 0 Å².